The first-order valence-corrected chi connectivity index (χ1v) is 9.23. The van der Waals surface area contributed by atoms with E-state index < -0.39 is 16.0 Å². The second kappa shape index (κ2) is 6.86. The molecular weight excluding hydrogens is 452 g/mol. The van der Waals surface area contributed by atoms with Gasteiger partial charge >= 0.3 is 5.97 Å². The summed E-state index contributed by atoms with van der Waals surface area (Å²) >= 11 is 20.6. The van der Waals surface area contributed by atoms with Gasteiger partial charge in [-0.2, -0.15) is 0 Å². The molecule has 0 saturated heterocycles. The van der Waals surface area contributed by atoms with Crippen LogP contribution in [0.4, 0.5) is 5.69 Å². The predicted octanol–water partition coefficient (Wildman–Crippen LogP) is 4.91. The minimum absolute atomic E-state index is 0.00528. The van der Waals surface area contributed by atoms with Gasteiger partial charge in [-0.05, 0) is 30.3 Å². The molecule has 10 heteroatoms. The Morgan fingerprint density at radius 2 is 1.65 bits per heavy atom. The summed E-state index contributed by atoms with van der Waals surface area (Å²) in [6.07, 6.45) is 0. The van der Waals surface area contributed by atoms with Crippen molar-refractivity contribution in [1.29, 1.82) is 0 Å². The minimum Gasteiger partial charge on any atom is -0.478 e. The van der Waals surface area contributed by atoms with Crippen molar-refractivity contribution < 1.29 is 18.3 Å². The molecule has 5 nitrogen and oxygen atoms in total. The summed E-state index contributed by atoms with van der Waals surface area (Å²) in [7, 11) is -4.16. The Labute approximate surface area is 155 Å². The van der Waals surface area contributed by atoms with Crippen molar-refractivity contribution in [2.45, 2.75) is 4.90 Å². The van der Waals surface area contributed by atoms with Crippen molar-refractivity contribution >= 4 is 72.4 Å². The van der Waals surface area contributed by atoms with Crippen molar-refractivity contribution in [3.63, 3.8) is 0 Å². The highest BCUT2D eigenvalue weighted by Gasteiger charge is 2.22. The summed E-state index contributed by atoms with van der Waals surface area (Å²) in [5.74, 6) is -1.29. The maximum atomic E-state index is 12.4. The predicted molar refractivity (Wildman–Crippen MR) is 93.4 cm³/mol. The number of carboxylic acid groups (broad SMARTS) is 1. The number of halogens is 4. The molecule has 0 amide bonds. The molecule has 2 N–H and O–H groups in total. The number of hydrogen-bond acceptors (Lipinski definition) is 3. The summed E-state index contributed by atoms with van der Waals surface area (Å²) < 4.78 is 27.6. The molecule has 0 radical (unpaired) electrons. The lowest BCUT2D eigenvalue weighted by atomic mass is 10.2. The molecule has 0 spiro atoms. The topological polar surface area (TPSA) is 83.5 Å². The lowest BCUT2D eigenvalue weighted by Crippen LogP contribution is -2.16. The average molecular weight is 460 g/mol. The molecule has 122 valence electrons. The molecule has 2 aromatic rings. The first-order chi connectivity index (χ1) is 10.6. The summed E-state index contributed by atoms with van der Waals surface area (Å²) in [5, 5.41) is 9.14. The Kier molecular flexibility index (Phi) is 5.48. The molecule has 23 heavy (non-hydrogen) atoms. The van der Waals surface area contributed by atoms with Gasteiger partial charge < -0.3 is 5.11 Å². The number of nitrogens with one attached hydrogen (secondary N) is 1. The van der Waals surface area contributed by atoms with E-state index in [0.717, 1.165) is 6.07 Å². The lowest BCUT2D eigenvalue weighted by Gasteiger charge is -2.12. The smallest absolute Gasteiger partial charge is 0.337 e. The van der Waals surface area contributed by atoms with Gasteiger partial charge in [0.1, 0.15) is 4.90 Å². The van der Waals surface area contributed by atoms with Crippen LogP contribution in [-0.4, -0.2) is 19.5 Å². The monoisotopic (exact) mass is 457 g/mol. The first kappa shape index (κ1) is 18.4. The van der Waals surface area contributed by atoms with Crippen molar-refractivity contribution in [2.24, 2.45) is 0 Å². The number of anilines is 1. The summed E-state index contributed by atoms with van der Waals surface area (Å²) in [4.78, 5) is 10.9. The SMILES string of the molecule is O=C(O)c1cc(Br)ccc1NS(=O)(=O)c1cc(Cl)c(Cl)cc1Cl. The molecule has 0 atom stereocenters. The van der Waals surface area contributed by atoms with Crippen LogP contribution in [0.5, 0.6) is 0 Å². The molecule has 0 aliphatic carbocycles. The molecule has 0 saturated carbocycles. The quantitative estimate of drug-likeness (QED) is 0.637. The summed E-state index contributed by atoms with van der Waals surface area (Å²) in [6, 6.07) is 6.38. The zero-order valence-corrected chi connectivity index (χ0v) is 15.6. The van der Waals surface area contributed by atoms with E-state index in [4.69, 9.17) is 34.8 Å². The Bertz CT molecular complexity index is 902. The largest absolute Gasteiger partial charge is 0.478 e. The molecule has 0 fully saturated rings. The third-order valence-electron chi connectivity index (χ3n) is 2.72. The van der Waals surface area contributed by atoms with E-state index in [-0.39, 0.29) is 31.2 Å². The van der Waals surface area contributed by atoms with Crippen molar-refractivity contribution in [2.75, 3.05) is 4.72 Å². The Morgan fingerprint density at radius 1 is 1.04 bits per heavy atom. The molecular formula is C13H7BrCl3NO4S. The molecule has 0 unspecified atom stereocenters. The second-order valence-electron chi connectivity index (χ2n) is 4.30. The molecule has 0 aromatic heterocycles. The number of sulfonamides is 1. The minimum atomic E-state index is -4.16. The molecule has 2 aromatic carbocycles. The molecule has 0 heterocycles. The Hall–Kier alpha value is -0.990. The van der Waals surface area contributed by atoms with E-state index in [1.165, 1.54) is 24.3 Å². The normalized spacial score (nSPS) is 11.3. The Morgan fingerprint density at radius 3 is 2.26 bits per heavy atom. The zero-order chi connectivity index (χ0) is 17.4. The fourth-order valence-corrected chi connectivity index (χ4v) is 4.14. The van der Waals surface area contributed by atoms with Crippen LogP contribution < -0.4 is 4.72 Å². The van der Waals surface area contributed by atoms with Crippen molar-refractivity contribution in [3.05, 3.63) is 55.4 Å². The van der Waals surface area contributed by atoms with Crippen LogP contribution in [0.25, 0.3) is 0 Å². The van der Waals surface area contributed by atoms with Crippen LogP contribution in [0.3, 0.4) is 0 Å². The molecule has 0 bridgehead atoms. The van der Waals surface area contributed by atoms with Gasteiger partial charge in [-0.15, -0.1) is 0 Å². The van der Waals surface area contributed by atoms with E-state index in [0.29, 0.717) is 4.47 Å². The Balaban J connectivity index is 2.52. The highest BCUT2D eigenvalue weighted by atomic mass is 79.9. The number of rotatable bonds is 4. The van der Waals surface area contributed by atoms with E-state index in [1.54, 1.807) is 0 Å². The molecule has 2 rings (SSSR count). The molecule has 0 aliphatic heterocycles. The lowest BCUT2D eigenvalue weighted by molar-refractivity contribution is 0.0698. The highest BCUT2D eigenvalue weighted by Crippen LogP contribution is 2.33. The van der Waals surface area contributed by atoms with Gasteiger partial charge in [-0.25, -0.2) is 13.2 Å². The van der Waals surface area contributed by atoms with E-state index >= 15 is 0 Å². The number of carboxylic acids is 1. The van der Waals surface area contributed by atoms with Crippen LogP contribution in [0.15, 0.2) is 39.7 Å². The van der Waals surface area contributed by atoms with Crippen LogP contribution in [0.1, 0.15) is 10.4 Å². The van der Waals surface area contributed by atoms with Crippen LogP contribution in [0.2, 0.25) is 15.1 Å². The third kappa shape index (κ3) is 4.10. The fraction of sp³-hybridized carbons (Fsp3) is 0. The van der Waals surface area contributed by atoms with Gasteiger partial charge in [0.15, 0.2) is 0 Å². The van der Waals surface area contributed by atoms with Gasteiger partial charge in [0, 0.05) is 4.47 Å². The number of hydrogen-bond donors (Lipinski definition) is 2. The molecule has 0 aliphatic rings. The fourth-order valence-electron chi connectivity index (χ4n) is 1.69. The van der Waals surface area contributed by atoms with E-state index in [2.05, 4.69) is 20.7 Å². The van der Waals surface area contributed by atoms with Gasteiger partial charge in [0.25, 0.3) is 10.0 Å². The number of aromatic carboxylic acids is 1. The van der Waals surface area contributed by atoms with Crippen LogP contribution in [-0.2, 0) is 10.0 Å². The van der Waals surface area contributed by atoms with E-state index in [1.807, 2.05) is 0 Å². The number of carbonyl (C=O) groups is 1. The van der Waals surface area contributed by atoms with Crippen molar-refractivity contribution in [3.8, 4) is 0 Å². The highest BCUT2D eigenvalue weighted by molar-refractivity contribution is 9.10. The van der Waals surface area contributed by atoms with Gasteiger partial charge in [0.2, 0.25) is 0 Å². The van der Waals surface area contributed by atoms with Crippen molar-refractivity contribution in [1.82, 2.24) is 0 Å². The third-order valence-corrected chi connectivity index (χ3v) is 5.77. The van der Waals surface area contributed by atoms with Crippen LogP contribution in [0, 0.1) is 0 Å². The van der Waals surface area contributed by atoms with E-state index in [9.17, 15) is 18.3 Å². The first-order valence-electron chi connectivity index (χ1n) is 5.82. The summed E-state index contributed by atoms with van der Waals surface area (Å²) in [5.41, 5.74) is -0.332. The van der Waals surface area contributed by atoms with Gasteiger partial charge in [-0.1, -0.05) is 50.7 Å². The zero-order valence-electron chi connectivity index (χ0n) is 11.0. The maximum Gasteiger partial charge on any atom is 0.337 e. The second-order valence-corrected chi connectivity index (χ2v) is 8.09. The van der Waals surface area contributed by atoms with Crippen LogP contribution >= 0.6 is 50.7 Å². The van der Waals surface area contributed by atoms with Gasteiger partial charge in [-0.3, -0.25) is 4.72 Å². The maximum absolute atomic E-state index is 12.4. The summed E-state index contributed by atoms with van der Waals surface area (Å²) in [6.45, 7) is 0. The van der Waals surface area contributed by atoms with Gasteiger partial charge in [0.05, 0.1) is 26.3 Å². The average Bonchev–Trinajstić information content (AvgIpc) is 2.44. The standard InChI is InChI=1S/C13H7BrCl3NO4S/c14-6-1-2-11(7(3-6)13(19)20)18-23(21,22)12-5-9(16)8(15)4-10(12)17/h1-5,18H,(H,19,20). The number of benzene rings is 2.